The molecule has 1 aromatic carbocycles. The van der Waals surface area contributed by atoms with Crippen LogP contribution in [0.2, 0.25) is 0 Å². The van der Waals surface area contributed by atoms with Crippen molar-refractivity contribution >= 4 is 0 Å². The Morgan fingerprint density at radius 1 is 1.57 bits per heavy atom. The summed E-state index contributed by atoms with van der Waals surface area (Å²) in [5.74, 6) is 0.689. The first kappa shape index (κ1) is 9.47. The Morgan fingerprint density at radius 2 is 2.36 bits per heavy atom. The van der Waals surface area contributed by atoms with Crippen LogP contribution in [0, 0.1) is 0 Å². The van der Waals surface area contributed by atoms with Crippen LogP contribution in [0.15, 0.2) is 36.9 Å². The van der Waals surface area contributed by atoms with E-state index in [4.69, 9.17) is 0 Å². The fraction of sp³-hybridized carbons (Fsp3) is 0.385. The summed E-state index contributed by atoms with van der Waals surface area (Å²) < 4.78 is 0. The maximum atomic E-state index is 3.81. The summed E-state index contributed by atoms with van der Waals surface area (Å²) in [6, 6.07) is 9.29. The van der Waals surface area contributed by atoms with Gasteiger partial charge >= 0.3 is 0 Å². The van der Waals surface area contributed by atoms with E-state index in [2.05, 4.69) is 36.2 Å². The lowest BCUT2D eigenvalue weighted by Crippen LogP contribution is -2.37. The van der Waals surface area contributed by atoms with Gasteiger partial charge in [0, 0.05) is 12.0 Å². The number of hydrogen-bond donors (Lipinski definition) is 1. The summed E-state index contributed by atoms with van der Waals surface area (Å²) in [4.78, 5) is 0. The van der Waals surface area contributed by atoms with E-state index in [1.54, 1.807) is 0 Å². The van der Waals surface area contributed by atoms with Crippen molar-refractivity contribution < 1.29 is 0 Å². The Labute approximate surface area is 85.8 Å². The molecule has 2 rings (SSSR count). The monoisotopic (exact) mass is 187 g/mol. The van der Waals surface area contributed by atoms with Gasteiger partial charge in [-0.2, -0.15) is 0 Å². The summed E-state index contributed by atoms with van der Waals surface area (Å²) in [6.07, 6.45) is 4.27. The second-order valence-corrected chi connectivity index (χ2v) is 3.93. The highest BCUT2D eigenvalue weighted by Crippen LogP contribution is 2.38. The van der Waals surface area contributed by atoms with Gasteiger partial charge in [-0.25, -0.2) is 0 Å². The van der Waals surface area contributed by atoms with Gasteiger partial charge in [-0.05, 0) is 31.0 Å². The van der Waals surface area contributed by atoms with Gasteiger partial charge in [-0.3, -0.25) is 0 Å². The molecule has 0 spiro atoms. The standard InChI is InChI=1S/C13H17N/c1-3-6-13(14-2)12-9-10-7-4-5-8-11(10)12/h3-5,7-8,12-14H,1,6,9H2,2H3. The normalized spacial score (nSPS) is 20.8. The first-order chi connectivity index (χ1) is 6.86. The van der Waals surface area contributed by atoms with Gasteiger partial charge in [-0.15, -0.1) is 6.58 Å². The van der Waals surface area contributed by atoms with Crippen LogP contribution in [0.4, 0.5) is 0 Å². The van der Waals surface area contributed by atoms with Crippen LogP contribution in [0.5, 0.6) is 0 Å². The Morgan fingerprint density at radius 3 is 3.00 bits per heavy atom. The lowest BCUT2D eigenvalue weighted by molar-refractivity contribution is 0.428. The average Bonchev–Trinajstić information content (AvgIpc) is 2.18. The van der Waals surface area contributed by atoms with E-state index in [9.17, 15) is 0 Å². The molecule has 0 aromatic heterocycles. The molecule has 74 valence electrons. The van der Waals surface area contributed by atoms with E-state index < -0.39 is 0 Å². The molecular formula is C13H17N. The number of hydrogen-bond acceptors (Lipinski definition) is 1. The van der Waals surface area contributed by atoms with E-state index in [1.165, 1.54) is 17.5 Å². The molecule has 1 N–H and O–H groups in total. The summed E-state index contributed by atoms with van der Waals surface area (Å²) in [6.45, 7) is 3.81. The molecule has 1 aromatic rings. The largest absolute Gasteiger partial charge is 0.316 e. The highest BCUT2D eigenvalue weighted by atomic mass is 14.9. The molecular weight excluding hydrogens is 170 g/mol. The Hall–Kier alpha value is -1.08. The molecule has 1 nitrogen and oxygen atoms in total. The predicted octanol–water partition coefficient (Wildman–Crippen LogP) is 2.49. The molecule has 14 heavy (non-hydrogen) atoms. The van der Waals surface area contributed by atoms with Crippen LogP contribution in [0.3, 0.4) is 0 Å². The van der Waals surface area contributed by atoms with E-state index in [-0.39, 0.29) is 0 Å². The molecule has 0 bridgehead atoms. The summed E-state index contributed by atoms with van der Waals surface area (Å²) in [5.41, 5.74) is 3.04. The molecule has 0 heterocycles. The van der Waals surface area contributed by atoms with Crippen LogP contribution in [-0.4, -0.2) is 13.1 Å². The van der Waals surface area contributed by atoms with Gasteiger partial charge in [0.25, 0.3) is 0 Å². The molecule has 0 amide bonds. The van der Waals surface area contributed by atoms with Crippen LogP contribution in [-0.2, 0) is 6.42 Å². The van der Waals surface area contributed by atoms with E-state index in [1.807, 2.05) is 13.1 Å². The number of nitrogens with one attached hydrogen (secondary N) is 1. The second kappa shape index (κ2) is 3.97. The third kappa shape index (κ3) is 1.48. The van der Waals surface area contributed by atoms with E-state index in [0.717, 1.165) is 6.42 Å². The van der Waals surface area contributed by atoms with Crippen molar-refractivity contribution in [1.82, 2.24) is 5.32 Å². The van der Waals surface area contributed by atoms with Crippen molar-refractivity contribution in [2.45, 2.75) is 24.8 Å². The molecule has 1 heteroatoms. The van der Waals surface area contributed by atoms with Crippen molar-refractivity contribution in [3.05, 3.63) is 48.0 Å². The minimum atomic E-state index is 0.558. The number of likely N-dealkylation sites (N-methyl/N-ethyl adjacent to an activating group) is 1. The molecule has 1 aliphatic rings. The van der Waals surface area contributed by atoms with Gasteiger partial charge in [0.15, 0.2) is 0 Å². The van der Waals surface area contributed by atoms with E-state index >= 15 is 0 Å². The fourth-order valence-corrected chi connectivity index (χ4v) is 2.32. The number of rotatable bonds is 4. The van der Waals surface area contributed by atoms with Gasteiger partial charge in [0.05, 0.1) is 0 Å². The SMILES string of the molecule is C=CCC(NC)C1Cc2ccccc21. The molecule has 2 unspecified atom stereocenters. The molecule has 2 atom stereocenters. The lowest BCUT2D eigenvalue weighted by atomic mass is 9.73. The minimum Gasteiger partial charge on any atom is -0.316 e. The predicted molar refractivity (Wildman–Crippen MR) is 60.5 cm³/mol. The second-order valence-electron chi connectivity index (χ2n) is 3.93. The first-order valence-electron chi connectivity index (χ1n) is 5.22. The molecule has 0 saturated carbocycles. The number of benzene rings is 1. The molecule has 0 aliphatic heterocycles. The molecule has 0 fully saturated rings. The summed E-state index contributed by atoms with van der Waals surface area (Å²) in [7, 11) is 2.04. The Bertz CT molecular complexity index is 330. The highest BCUT2D eigenvalue weighted by Gasteiger charge is 2.30. The zero-order chi connectivity index (χ0) is 9.97. The number of fused-ring (bicyclic) bond motifs is 1. The van der Waals surface area contributed by atoms with Crippen molar-refractivity contribution in [3.8, 4) is 0 Å². The van der Waals surface area contributed by atoms with Crippen molar-refractivity contribution in [1.29, 1.82) is 0 Å². The quantitative estimate of drug-likeness (QED) is 0.714. The third-order valence-electron chi connectivity index (χ3n) is 3.17. The Balaban J connectivity index is 2.13. The zero-order valence-electron chi connectivity index (χ0n) is 8.66. The van der Waals surface area contributed by atoms with Gasteiger partial charge in [0.1, 0.15) is 0 Å². The van der Waals surface area contributed by atoms with Crippen LogP contribution >= 0.6 is 0 Å². The van der Waals surface area contributed by atoms with Crippen molar-refractivity contribution in [2.24, 2.45) is 0 Å². The van der Waals surface area contributed by atoms with Crippen LogP contribution in [0.25, 0.3) is 0 Å². The van der Waals surface area contributed by atoms with Gasteiger partial charge < -0.3 is 5.32 Å². The zero-order valence-corrected chi connectivity index (χ0v) is 8.66. The molecule has 0 saturated heterocycles. The summed E-state index contributed by atoms with van der Waals surface area (Å²) in [5, 5.41) is 3.37. The van der Waals surface area contributed by atoms with Gasteiger partial charge in [-0.1, -0.05) is 30.3 Å². The lowest BCUT2D eigenvalue weighted by Gasteiger charge is -2.36. The molecule has 0 radical (unpaired) electrons. The van der Waals surface area contributed by atoms with Crippen molar-refractivity contribution in [2.75, 3.05) is 7.05 Å². The highest BCUT2D eigenvalue weighted by molar-refractivity contribution is 5.41. The maximum Gasteiger partial charge on any atom is 0.0170 e. The molecule has 1 aliphatic carbocycles. The first-order valence-corrected chi connectivity index (χ1v) is 5.22. The van der Waals surface area contributed by atoms with Crippen LogP contribution in [0.1, 0.15) is 23.5 Å². The third-order valence-corrected chi connectivity index (χ3v) is 3.17. The fourth-order valence-electron chi connectivity index (χ4n) is 2.32. The Kier molecular flexibility index (Phi) is 2.69. The van der Waals surface area contributed by atoms with Gasteiger partial charge in [0.2, 0.25) is 0 Å². The average molecular weight is 187 g/mol. The van der Waals surface area contributed by atoms with E-state index in [0.29, 0.717) is 12.0 Å². The summed E-state index contributed by atoms with van der Waals surface area (Å²) >= 11 is 0. The topological polar surface area (TPSA) is 12.0 Å². The smallest absolute Gasteiger partial charge is 0.0170 e. The van der Waals surface area contributed by atoms with Crippen molar-refractivity contribution in [3.63, 3.8) is 0 Å². The maximum absolute atomic E-state index is 3.81. The minimum absolute atomic E-state index is 0.558. The van der Waals surface area contributed by atoms with Crippen LogP contribution < -0.4 is 5.32 Å².